The van der Waals surface area contributed by atoms with Crippen LogP contribution >= 0.6 is 0 Å². The van der Waals surface area contributed by atoms with Crippen LogP contribution < -0.4 is 0 Å². The van der Waals surface area contributed by atoms with Crippen LogP contribution in [0.3, 0.4) is 0 Å². The molecule has 120 valence electrons. The van der Waals surface area contributed by atoms with E-state index in [0.29, 0.717) is 11.8 Å². The van der Waals surface area contributed by atoms with Crippen molar-refractivity contribution in [3.8, 4) is 0 Å². The first kappa shape index (κ1) is 17.6. The molecule has 0 N–H and O–H groups in total. The lowest BCUT2D eigenvalue weighted by atomic mass is 10.0. The Kier molecular flexibility index (Phi) is 5.62. The molecule has 0 fully saturated rings. The number of carbonyl (C=O) groups excluding carboxylic acids is 2. The van der Waals surface area contributed by atoms with E-state index in [2.05, 4.69) is 0 Å². The molecule has 7 nitrogen and oxygen atoms in total. The third kappa shape index (κ3) is 4.83. The van der Waals surface area contributed by atoms with Gasteiger partial charge in [0.25, 0.3) is 5.69 Å². The summed E-state index contributed by atoms with van der Waals surface area (Å²) in [6, 6.07) is 5.26. The van der Waals surface area contributed by atoms with Crippen LogP contribution in [0.15, 0.2) is 24.3 Å². The van der Waals surface area contributed by atoms with Crippen molar-refractivity contribution in [2.75, 3.05) is 7.05 Å². The Labute approximate surface area is 129 Å². The Hall–Kier alpha value is -2.44. The summed E-state index contributed by atoms with van der Waals surface area (Å²) < 4.78 is 5.26. The molecule has 0 saturated heterocycles. The molecule has 0 radical (unpaired) electrons. The topological polar surface area (TPSA) is 89.8 Å². The molecule has 1 aromatic rings. The van der Waals surface area contributed by atoms with Crippen LogP contribution in [0.2, 0.25) is 0 Å². The minimum atomic E-state index is -0.667. The third-order valence-electron chi connectivity index (χ3n) is 2.93. The second-order valence-corrected chi connectivity index (χ2v) is 5.86. The van der Waals surface area contributed by atoms with Crippen molar-refractivity contribution in [3.05, 3.63) is 39.9 Å². The minimum absolute atomic E-state index is 0.0247. The summed E-state index contributed by atoms with van der Waals surface area (Å²) in [6.45, 7) is 5.21. The summed E-state index contributed by atoms with van der Waals surface area (Å²) in [5.74, 6) is 0. The van der Waals surface area contributed by atoms with Crippen LogP contribution in [0.25, 0.3) is 0 Å². The molecule has 0 aromatic heterocycles. The standard InChI is InChI=1S/C15H20N2O5/c1-15(2,3)22-14(19)16(4)13(8-9-18)11-6-5-7-12(10-11)17(20)21/h5-7,9-10,13H,8H2,1-4H3. The Bertz CT molecular complexity index is 565. The van der Waals surface area contributed by atoms with Crippen molar-refractivity contribution < 1.29 is 19.2 Å². The number of amides is 1. The highest BCUT2D eigenvalue weighted by atomic mass is 16.6. The quantitative estimate of drug-likeness (QED) is 0.473. The van der Waals surface area contributed by atoms with E-state index < -0.39 is 22.7 Å². The summed E-state index contributed by atoms with van der Waals surface area (Å²) in [4.78, 5) is 34.6. The number of nitro benzene ring substituents is 1. The average Bonchev–Trinajstić information content (AvgIpc) is 2.42. The summed E-state index contributed by atoms with van der Waals surface area (Å²) in [6.07, 6.45) is 0.104. The predicted molar refractivity (Wildman–Crippen MR) is 80.5 cm³/mol. The molecule has 22 heavy (non-hydrogen) atoms. The molecule has 1 atom stereocenters. The Morgan fingerprint density at radius 3 is 2.59 bits per heavy atom. The zero-order valence-electron chi connectivity index (χ0n) is 13.1. The maximum atomic E-state index is 12.1. The van der Waals surface area contributed by atoms with Crippen LogP contribution in [-0.4, -0.2) is 34.9 Å². The molecule has 1 amide bonds. The number of hydrogen-bond donors (Lipinski definition) is 0. The van der Waals surface area contributed by atoms with Gasteiger partial charge in [-0.15, -0.1) is 0 Å². The fraction of sp³-hybridized carbons (Fsp3) is 0.467. The van der Waals surface area contributed by atoms with Gasteiger partial charge in [-0.2, -0.15) is 0 Å². The van der Waals surface area contributed by atoms with E-state index in [0.717, 1.165) is 0 Å². The van der Waals surface area contributed by atoms with Crippen LogP contribution in [0.5, 0.6) is 0 Å². The van der Waals surface area contributed by atoms with Crippen LogP contribution in [0.4, 0.5) is 10.5 Å². The van der Waals surface area contributed by atoms with Gasteiger partial charge < -0.3 is 14.4 Å². The average molecular weight is 308 g/mol. The molecule has 1 rings (SSSR count). The first-order valence-corrected chi connectivity index (χ1v) is 6.79. The number of nitro groups is 1. The first-order chi connectivity index (χ1) is 10.2. The lowest BCUT2D eigenvalue weighted by molar-refractivity contribution is -0.385. The predicted octanol–water partition coefficient (Wildman–Crippen LogP) is 3.09. The number of non-ortho nitro benzene ring substituents is 1. The maximum Gasteiger partial charge on any atom is 0.410 e. The number of rotatable bonds is 5. The van der Waals surface area contributed by atoms with Gasteiger partial charge in [-0.3, -0.25) is 10.1 Å². The lowest BCUT2D eigenvalue weighted by Gasteiger charge is -2.30. The van der Waals surface area contributed by atoms with Crippen LogP contribution in [0.1, 0.15) is 38.8 Å². The van der Waals surface area contributed by atoms with Gasteiger partial charge in [-0.1, -0.05) is 12.1 Å². The van der Waals surface area contributed by atoms with Crippen molar-refractivity contribution in [2.45, 2.75) is 38.8 Å². The zero-order valence-corrected chi connectivity index (χ0v) is 13.1. The number of carbonyl (C=O) groups is 2. The van der Waals surface area contributed by atoms with Gasteiger partial charge in [-0.25, -0.2) is 4.79 Å². The SMILES string of the molecule is CN(C(=O)OC(C)(C)C)C(CC=O)c1cccc([N+](=O)[O-])c1. The molecule has 0 bridgehead atoms. The molecule has 1 unspecified atom stereocenters. The lowest BCUT2D eigenvalue weighted by Crippen LogP contribution is -2.36. The molecule has 0 aliphatic rings. The number of ether oxygens (including phenoxy) is 1. The van der Waals surface area contributed by atoms with Gasteiger partial charge in [0.2, 0.25) is 0 Å². The van der Waals surface area contributed by atoms with E-state index >= 15 is 0 Å². The minimum Gasteiger partial charge on any atom is -0.444 e. The number of nitrogens with zero attached hydrogens (tertiary/aromatic N) is 2. The highest BCUT2D eigenvalue weighted by Gasteiger charge is 2.27. The smallest absolute Gasteiger partial charge is 0.410 e. The van der Waals surface area contributed by atoms with E-state index in [4.69, 9.17) is 4.74 Å². The fourth-order valence-electron chi connectivity index (χ4n) is 1.92. The van der Waals surface area contributed by atoms with Crippen molar-refractivity contribution in [2.24, 2.45) is 0 Å². The van der Waals surface area contributed by atoms with Gasteiger partial charge in [-0.05, 0) is 26.3 Å². The molecule has 0 saturated carbocycles. The Morgan fingerprint density at radius 2 is 2.09 bits per heavy atom. The van der Waals surface area contributed by atoms with Gasteiger partial charge in [0.05, 0.1) is 11.0 Å². The van der Waals surface area contributed by atoms with Gasteiger partial charge in [0.15, 0.2) is 0 Å². The fourth-order valence-corrected chi connectivity index (χ4v) is 1.92. The number of aldehydes is 1. The van der Waals surface area contributed by atoms with Gasteiger partial charge >= 0.3 is 6.09 Å². The maximum absolute atomic E-state index is 12.1. The molecule has 0 heterocycles. The normalized spacial score (nSPS) is 12.4. The Balaban J connectivity index is 3.07. The highest BCUT2D eigenvalue weighted by Crippen LogP contribution is 2.27. The molecular formula is C15H20N2O5. The van der Waals surface area contributed by atoms with Gasteiger partial charge in [0.1, 0.15) is 11.9 Å². The first-order valence-electron chi connectivity index (χ1n) is 6.79. The molecule has 0 aliphatic carbocycles. The monoisotopic (exact) mass is 308 g/mol. The van der Waals surface area contributed by atoms with Crippen molar-refractivity contribution in [1.29, 1.82) is 0 Å². The van der Waals surface area contributed by atoms with Crippen LogP contribution in [-0.2, 0) is 9.53 Å². The Morgan fingerprint density at radius 1 is 1.45 bits per heavy atom. The third-order valence-corrected chi connectivity index (χ3v) is 2.93. The molecule has 1 aromatic carbocycles. The highest BCUT2D eigenvalue weighted by molar-refractivity contribution is 5.69. The summed E-state index contributed by atoms with van der Waals surface area (Å²) >= 11 is 0. The second kappa shape index (κ2) is 7.02. The number of benzene rings is 1. The van der Waals surface area contributed by atoms with E-state index in [9.17, 15) is 19.7 Å². The second-order valence-electron chi connectivity index (χ2n) is 5.86. The summed E-state index contributed by atoms with van der Waals surface area (Å²) in [5.41, 5.74) is -0.250. The van der Waals surface area contributed by atoms with E-state index in [1.54, 1.807) is 26.8 Å². The van der Waals surface area contributed by atoms with Crippen LogP contribution in [0, 0.1) is 10.1 Å². The van der Waals surface area contributed by atoms with E-state index in [-0.39, 0.29) is 12.1 Å². The number of hydrogen-bond acceptors (Lipinski definition) is 5. The molecule has 0 aliphatic heterocycles. The molecule has 0 spiro atoms. The summed E-state index contributed by atoms with van der Waals surface area (Å²) in [7, 11) is 1.50. The van der Waals surface area contributed by atoms with Crippen molar-refractivity contribution in [1.82, 2.24) is 4.90 Å². The summed E-state index contributed by atoms with van der Waals surface area (Å²) in [5, 5.41) is 10.9. The molecule has 7 heteroatoms. The largest absolute Gasteiger partial charge is 0.444 e. The van der Waals surface area contributed by atoms with Crippen molar-refractivity contribution >= 4 is 18.1 Å². The van der Waals surface area contributed by atoms with E-state index in [1.165, 1.54) is 30.1 Å². The molecular weight excluding hydrogens is 288 g/mol. The van der Waals surface area contributed by atoms with Crippen molar-refractivity contribution in [3.63, 3.8) is 0 Å². The van der Waals surface area contributed by atoms with Gasteiger partial charge in [0, 0.05) is 25.6 Å². The van der Waals surface area contributed by atoms with E-state index in [1.807, 2.05) is 0 Å². The zero-order chi connectivity index (χ0) is 16.9.